The molecule has 2 aliphatic rings. The van der Waals surface area contributed by atoms with Gasteiger partial charge in [-0.1, -0.05) is 6.58 Å². The van der Waals surface area contributed by atoms with Gasteiger partial charge in [-0.3, -0.25) is 0 Å². The van der Waals surface area contributed by atoms with E-state index in [0.29, 0.717) is 26.2 Å². The Morgan fingerprint density at radius 1 is 1.17 bits per heavy atom. The van der Waals surface area contributed by atoms with E-state index in [1.807, 2.05) is 0 Å². The highest BCUT2D eigenvalue weighted by Gasteiger charge is 2.56. The number of esters is 1. The summed E-state index contributed by atoms with van der Waals surface area (Å²) in [5, 5.41) is 9.61. The highest BCUT2D eigenvalue weighted by molar-refractivity contribution is 5.89. The van der Waals surface area contributed by atoms with Crippen LogP contribution in [0.25, 0.3) is 0 Å². The Balaban J connectivity index is 2.02. The van der Waals surface area contributed by atoms with Crippen LogP contribution in [0.5, 0.6) is 0 Å². The quantitative estimate of drug-likeness (QED) is 0.472. The smallest absolute Gasteiger partial charge is 0.422 e. The molecule has 2 saturated carbocycles. The van der Waals surface area contributed by atoms with Crippen LogP contribution >= 0.6 is 0 Å². The monoisotopic (exact) mass is 360 g/mol. The van der Waals surface area contributed by atoms with Crippen molar-refractivity contribution in [3.05, 3.63) is 12.2 Å². The molecule has 0 aromatic heterocycles. The zero-order chi connectivity index (χ0) is 18.5. The Bertz CT molecular complexity index is 522. The molecule has 24 heavy (non-hydrogen) atoms. The zero-order valence-corrected chi connectivity index (χ0v) is 12.9. The van der Waals surface area contributed by atoms with Crippen LogP contribution in [-0.4, -0.2) is 35.1 Å². The molecule has 0 aromatic carbocycles. The molecule has 2 bridgehead atoms. The van der Waals surface area contributed by atoms with Gasteiger partial charge < -0.3 is 9.84 Å². The van der Waals surface area contributed by atoms with Crippen molar-refractivity contribution in [2.24, 2.45) is 17.8 Å². The maximum atomic E-state index is 12.8. The number of carbonyl (C=O) groups excluding carboxylic acids is 1. The van der Waals surface area contributed by atoms with E-state index in [-0.39, 0.29) is 5.92 Å². The Kier molecular flexibility index (Phi) is 4.71. The van der Waals surface area contributed by atoms with E-state index >= 15 is 0 Å². The minimum absolute atomic E-state index is 0.0130. The van der Waals surface area contributed by atoms with E-state index < -0.39 is 53.9 Å². The second kappa shape index (κ2) is 5.93. The van der Waals surface area contributed by atoms with Gasteiger partial charge in [-0.25, -0.2) is 4.79 Å². The fourth-order valence-electron chi connectivity index (χ4n) is 3.75. The maximum absolute atomic E-state index is 12.8. The molecule has 0 radical (unpaired) electrons. The summed E-state index contributed by atoms with van der Waals surface area (Å²) >= 11 is 0. The van der Waals surface area contributed by atoms with E-state index in [2.05, 4.69) is 6.58 Å². The highest BCUT2D eigenvalue weighted by atomic mass is 19.4. The molecule has 0 aromatic rings. The molecule has 2 fully saturated rings. The van der Waals surface area contributed by atoms with Crippen molar-refractivity contribution in [1.29, 1.82) is 0 Å². The largest absolute Gasteiger partial charge is 0.458 e. The Morgan fingerprint density at radius 3 is 2.21 bits per heavy atom. The van der Waals surface area contributed by atoms with E-state index in [1.165, 1.54) is 0 Å². The molecular formula is C15H18F6O3. The minimum atomic E-state index is -4.91. The van der Waals surface area contributed by atoms with Gasteiger partial charge in [-0.15, -0.1) is 0 Å². The summed E-state index contributed by atoms with van der Waals surface area (Å²) < 4.78 is 80.5. The molecule has 5 unspecified atom stereocenters. The number of fused-ring (bicyclic) bond motifs is 2. The molecule has 2 rings (SSSR count). The van der Waals surface area contributed by atoms with E-state index in [9.17, 15) is 36.2 Å². The van der Waals surface area contributed by atoms with Crippen LogP contribution in [0.2, 0.25) is 0 Å². The number of alkyl halides is 6. The van der Waals surface area contributed by atoms with Crippen molar-refractivity contribution >= 4 is 5.97 Å². The van der Waals surface area contributed by atoms with E-state index in [1.54, 1.807) is 0 Å². The topological polar surface area (TPSA) is 46.5 Å². The zero-order valence-electron chi connectivity index (χ0n) is 12.9. The van der Waals surface area contributed by atoms with Crippen molar-refractivity contribution < 1.29 is 41.0 Å². The highest BCUT2D eigenvalue weighted by Crippen LogP contribution is 2.53. The summed E-state index contributed by atoms with van der Waals surface area (Å²) in [5.74, 6) is -2.64. The van der Waals surface area contributed by atoms with Gasteiger partial charge in [-0.05, 0) is 50.4 Å². The van der Waals surface area contributed by atoms with Crippen molar-refractivity contribution in [2.75, 3.05) is 0 Å². The van der Waals surface area contributed by atoms with E-state index in [0.717, 1.165) is 0 Å². The Morgan fingerprint density at radius 2 is 1.75 bits per heavy atom. The number of hydrogen-bond acceptors (Lipinski definition) is 3. The average Bonchev–Trinajstić information content (AvgIpc) is 2.93. The van der Waals surface area contributed by atoms with Crippen molar-refractivity contribution in [3.8, 4) is 0 Å². The average molecular weight is 360 g/mol. The van der Waals surface area contributed by atoms with Gasteiger partial charge in [0.2, 0.25) is 0 Å². The normalized spacial score (nSPS) is 32.5. The summed E-state index contributed by atoms with van der Waals surface area (Å²) in [6.07, 6.45) is -9.90. The van der Waals surface area contributed by atoms with Gasteiger partial charge >= 0.3 is 18.3 Å². The molecule has 0 amide bonds. The minimum Gasteiger partial charge on any atom is -0.458 e. The first-order valence-corrected chi connectivity index (χ1v) is 7.48. The number of ether oxygens (including phenoxy) is 1. The van der Waals surface area contributed by atoms with Gasteiger partial charge in [0.25, 0.3) is 0 Å². The number of halogens is 6. The van der Waals surface area contributed by atoms with Crippen LogP contribution < -0.4 is 0 Å². The van der Waals surface area contributed by atoms with Crippen LogP contribution in [-0.2, 0) is 9.53 Å². The first kappa shape index (κ1) is 19.1. The third-order valence-corrected chi connectivity index (χ3v) is 5.01. The van der Waals surface area contributed by atoms with Gasteiger partial charge in [-0.2, -0.15) is 26.3 Å². The van der Waals surface area contributed by atoms with Crippen molar-refractivity contribution in [1.82, 2.24) is 0 Å². The SMILES string of the molecule is C=C(C(=O)OC1CC2CC(CC(C)(O)C(F)(F)F)C1C2)C(F)(F)F. The molecule has 0 saturated heterocycles. The fraction of sp³-hybridized carbons (Fsp3) is 0.800. The molecule has 3 nitrogen and oxygen atoms in total. The molecule has 5 atom stereocenters. The molecule has 0 spiro atoms. The maximum Gasteiger partial charge on any atom is 0.422 e. The summed E-state index contributed by atoms with van der Waals surface area (Å²) in [5.41, 5.74) is -4.52. The van der Waals surface area contributed by atoms with Gasteiger partial charge in [0.15, 0.2) is 5.60 Å². The van der Waals surface area contributed by atoms with Gasteiger partial charge in [0, 0.05) is 0 Å². The standard InChI is InChI=1S/C15H18F6O3/c1-7(14(16,17)18)12(22)24-11-5-8-3-9(10(11)4-8)6-13(2,23)15(19,20)21/h8-11,23H,1,3-6H2,2H3. The lowest BCUT2D eigenvalue weighted by molar-refractivity contribution is -0.260. The lowest BCUT2D eigenvalue weighted by atomic mass is 9.79. The van der Waals surface area contributed by atoms with Crippen LogP contribution in [0.1, 0.15) is 32.6 Å². The van der Waals surface area contributed by atoms with Crippen molar-refractivity contribution in [3.63, 3.8) is 0 Å². The summed E-state index contributed by atoms with van der Waals surface area (Å²) in [7, 11) is 0. The fourth-order valence-corrected chi connectivity index (χ4v) is 3.75. The Labute approximate surface area is 134 Å². The van der Waals surface area contributed by atoms with Crippen LogP contribution in [0.4, 0.5) is 26.3 Å². The molecule has 1 N–H and O–H groups in total. The summed E-state index contributed by atoms with van der Waals surface area (Å²) in [6, 6.07) is 0. The van der Waals surface area contributed by atoms with Crippen molar-refractivity contribution in [2.45, 2.75) is 56.7 Å². The van der Waals surface area contributed by atoms with Crippen LogP contribution in [0, 0.1) is 17.8 Å². The number of carbonyl (C=O) groups is 1. The van der Waals surface area contributed by atoms with Gasteiger partial charge in [0.1, 0.15) is 11.7 Å². The second-order valence-corrected chi connectivity index (χ2v) is 6.89. The molecule has 9 heteroatoms. The number of aliphatic hydroxyl groups is 1. The lowest BCUT2D eigenvalue weighted by Gasteiger charge is -2.35. The van der Waals surface area contributed by atoms with Gasteiger partial charge in [0.05, 0.1) is 0 Å². The lowest BCUT2D eigenvalue weighted by Crippen LogP contribution is -2.45. The third-order valence-electron chi connectivity index (χ3n) is 5.01. The van der Waals surface area contributed by atoms with Crippen LogP contribution in [0.15, 0.2) is 12.2 Å². The molecule has 0 aliphatic heterocycles. The Hall–Kier alpha value is -1.25. The van der Waals surface area contributed by atoms with E-state index in [4.69, 9.17) is 4.74 Å². The number of rotatable bonds is 4. The summed E-state index contributed by atoms with van der Waals surface area (Å²) in [6.45, 7) is 3.32. The summed E-state index contributed by atoms with van der Waals surface area (Å²) in [4.78, 5) is 11.5. The molecule has 138 valence electrons. The third kappa shape index (κ3) is 3.70. The molecular weight excluding hydrogens is 342 g/mol. The second-order valence-electron chi connectivity index (χ2n) is 6.89. The first-order chi connectivity index (χ1) is 10.7. The number of hydrogen-bond donors (Lipinski definition) is 1. The first-order valence-electron chi connectivity index (χ1n) is 7.48. The predicted molar refractivity (Wildman–Crippen MR) is 70.7 cm³/mol. The molecule has 2 aliphatic carbocycles. The predicted octanol–water partition coefficient (Wildman–Crippen LogP) is 3.77. The van der Waals surface area contributed by atoms with Crippen LogP contribution in [0.3, 0.4) is 0 Å². The molecule has 0 heterocycles.